The molecule has 6 heteroatoms. The third kappa shape index (κ3) is 5.02. The minimum Gasteiger partial charge on any atom is -0.479 e. The van der Waals surface area contributed by atoms with Crippen LogP contribution in [0.25, 0.3) is 22.0 Å². The number of hydrogen-bond acceptors (Lipinski definition) is 5. The zero-order valence-electron chi connectivity index (χ0n) is 20.0. The summed E-state index contributed by atoms with van der Waals surface area (Å²) in [5.74, 6) is -0.0906. The van der Waals surface area contributed by atoms with Crippen LogP contribution in [0.2, 0.25) is 0 Å². The Morgan fingerprint density at radius 2 is 1.76 bits per heavy atom. The zero-order chi connectivity index (χ0) is 23.8. The van der Waals surface area contributed by atoms with Crippen LogP contribution >= 0.6 is 0 Å². The topological polar surface area (TPSA) is 71.9 Å². The molecule has 1 N–H and O–H groups in total. The molecule has 2 aromatic carbocycles. The number of anilines is 1. The van der Waals surface area contributed by atoms with E-state index < -0.39 is 17.7 Å². The van der Waals surface area contributed by atoms with Gasteiger partial charge in [0.15, 0.2) is 6.10 Å². The summed E-state index contributed by atoms with van der Waals surface area (Å²) in [5.41, 5.74) is 4.71. The van der Waals surface area contributed by atoms with Gasteiger partial charge in [-0.3, -0.25) is 0 Å². The van der Waals surface area contributed by atoms with Crippen LogP contribution in [-0.2, 0) is 14.3 Å². The molecule has 1 fully saturated rings. The molecule has 33 heavy (non-hydrogen) atoms. The first-order chi connectivity index (χ1) is 15.6. The van der Waals surface area contributed by atoms with E-state index in [-0.39, 0.29) is 0 Å². The number of fused-ring (bicyclic) bond motifs is 1. The van der Waals surface area contributed by atoms with Crippen LogP contribution in [0, 0.1) is 13.8 Å². The van der Waals surface area contributed by atoms with Gasteiger partial charge in [0, 0.05) is 24.0 Å². The normalized spacial score (nSPS) is 15.6. The molecule has 1 aliphatic heterocycles. The fourth-order valence-corrected chi connectivity index (χ4v) is 4.33. The number of rotatable bonds is 5. The van der Waals surface area contributed by atoms with Gasteiger partial charge in [0.2, 0.25) is 0 Å². The number of aromatic nitrogens is 1. The van der Waals surface area contributed by atoms with Crippen LogP contribution in [0.1, 0.15) is 43.6 Å². The molecule has 2 heterocycles. The second kappa shape index (κ2) is 9.12. The molecule has 0 spiro atoms. The fourth-order valence-electron chi connectivity index (χ4n) is 4.33. The number of carbonyl (C=O) groups is 1. The summed E-state index contributed by atoms with van der Waals surface area (Å²) in [7, 11) is 0. The molecule has 1 atom stereocenters. The molecule has 3 aromatic rings. The molecule has 0 saturated carbocycles. The Morgan fingerprint density at radius 3 is 2.36 bits per heavy atom. The largest absolute Gasteiger partial charge is 0.479 e. The van der Waals surface area contributed by atoms with Gasteiger partial charge in [-0.15, -0.1) is 0 Å². The van der Waals surface area contributed by atoms with E-state index in [9.17, 15) is 9.90 Å². The van der Waals surface area contributed by atoms with Crippen molar-refractivity contribution in [3.8, 4) is 11.1 Å². The lowest BCUT2D eigenvalue weighted by atomic mass is 9.88. The van der Waals surface area contributed by atoms with Crippen LogP contribution in [0.3, 0.4) is 0 Å². The van der Waals surface area contributed by atoms with Crippen molar-refractivity contribution in [2.75, 3.05) is 31.2 Å². The van der Waals surface area contributed by atoms with Gasteiger partial charge in [-0.25, -0.2) is 9.78 Å². The Morgan fingerprint density at radius 1 is 1.09 bits per heavy atom. The summed E-state index contributed by atoms with van der Waals surface area (Å²) in [6, 6.07) is 14.2. The number of benzene rings is 2. The van der Waals surface area contributed by atoms with Crippen LogP contribution in [0.5, 0.6) is 0 Å². The van der Waals surface area contributed by atoms with Crippen LogP contribution < -0.4 is 4.90 Å². The maximum absolute atomic E-state index is 12.4. The number of carboxylic acid groups (broad SMARTS) is 1. The van der Waals surface area contributed by atoms with Gasteiger partial charge in [0.25, 0.3) is 0 Å². The first-order valence-electron chi connectivity index (χ1n) is 11.4. The monoisotopic (exact) mass is 448 g/mol. The molecule has 1 saturated heterocycles. The molecule has 0 bridgehead atoms. The van der Waals surface area contributed by atoms with Gasteiger partial charge in [0.05, 0.1) is 24.3 Å². The highest BCUT2D eigenvalue weighted by Crippen LogP contribution is 2.40. The zero-order valence-corrected chi connectivity index (χ0v) is 20.0. The van der Waals surface area contributed by atoms with E-state index >= 15 is 0 Å². The second-order valence-electron chi connectivity index (χ2n) is 9.63. The summed E-state index contributed by atoms with van der Waals surface area (Å²) in [4.78, 5) is 19.6. The Balaban J connectivity index is 1.96. The summed E-state index contributed by atoms with van der Waals surface area (Å²) in [6.07, 6.45) is -1.09. The van der Waals surface area contributed by atoms with E-state index in [1.807, 2.05) is 71.0 Å². The quantitative estimate of drug-likeness (QED) is 0.571. The van der Waals surface area contributed by atoms with Crippen molar-refractivity contribution in [1.82, 2.24) is 4.98 Å². The Kier molecular flexibility index (Phi) is 6.41. The van der Waals surface area contributed by atoms with E-state index in [0.717, 1.165) is 52.1 Å². The van der Waals surface area contributed by atoms with Crippen molar-refractivity contribution in [2.24, 2.45) is 0 Å². The van der Waals surface area contributed by atoms with Crippen molar-refractivity contribution in [3.63, 3.8) is 0 Å². The standard InChI is InChI=1S/C27H32N2O4/c1-17-6-8-19(9-7-17)24-20-10-11-22(29-12-14-32-15-13-29)28-21(20)16-18(2)23(24)25(26(30)31)33-27(3,4)5/h6-11,16,25H,12-15H2,1-5H3,(H,30,31)/t25-/m0/s1. The van der Waals surface area contributed by atoms with E-state index in [2.05, 4.69) is 11.0 Å². The molecular formula is C27H32N2O4. The maximum Gasteiger partial charge on any atom is 0.337 e. The number of pyridine rings is 1. The highest BCUT2D eigenvalue weighted by Gasteiger charge is 2.31. The predicted octanol–water partition coefficient (Wildman–Crippen LogP) is 5.30. The number of aliphatic carboxylic acids is 1. The number of hydrogen-bond donors (Lipinski definition) is 1. The molecule has 174 valence electrons. The average molecular weight is 449 g/mol. The third-order valence-corrected chi connectivity index (χ3v) is 5.86. The number of ether oxygens (including phenoxy) is 2. The fraction of sp³-hybridized carbons (Fsp3) is 0.407. The highest BCUT2D eigenvalue weighted by atomic mass is 16.5. The first kappa shape index (κ1) is 23.2. The minimum atomic E-state index is -1.09. The Hall–Kier alpha value is -2.96. The van der Waals surface area contributed by atoms with Crippen LogP contribution in [0.4, 0.5) is 5.82 Å². The molecule has 0 unspecified atom stereocenters. The molecule has 6 nitrogen and oxygen atoms in total. The van der Waals surface area contributed by atoms with Crippen molar-refractivity contribution in [2.45, 2.75) is 46.3 Å². The van der Waals surface area contributed by atoms with E-state index in [0.29, 0.717) is 18.8 Å². The number of aryl methyl sites for hydroxylation is 2. The lowest BCUT2D eigenvalue weighted by molar-refractivity contribution is -0.160. The van der Waals surface area contributed by atoms with Gasteiger partial charge >= 0.3 is 5.97 Å². The highest BCUT2D eigenvalue weighted by molar-refractivity contribution is 6.00. The van der Waals surface area contributed by atoms with Gasteiger partial charge < -0.3 is 19.5 Å². The predicted molar refractivity (Wildman–Crippen MR) is 131 cm³/mol. The molecular weight excluding hydrogens is 416 g/mol. The van der Waals surface area contributed by atoms with E-state index in [1.54, 1.807) is 0 Å². The van der Waals surface area contributed by atoms with Crippen molar-refractivity contribution in [1.29, 1.82) is 0 Å². The smallest absolute Gasteiger partial charge is 0.337 e. The van der Waals surface area contributed by atoms with Gasteiger partial charge in [0.1, 0.15) is 5.82 Å². The van der Waals surface area contributed by atoms with E-state index in [1.165, 1.54) is 0 Å². The summed E-state index contributed by atoms with van der Waals surface area (Å²) < 4.78 is 11.6. The lowest BCUT2D eigenvalue weighted by Gasteiger charge is -2.29. The summed E-state index contributed by atoms with van der Waals surface area (Å²) in [5, 5.41) is 11.1. The van der Waals surface area contributed by atoms with Crippen molar-refractivity contribution in [3.05, 3.63) is 59.2 Å². The first-order valence-corrected chi connectivity index (χ1v) is 11.4. The second-order valence-corrected chi connectivity index (χ2v) is 9.63. The maximum atomic E-state index is 12.4. The Bertz CT molecular complexity index is 1160. The molecule has 4 rings (SSSR count). The van der Waals surface area contributed by atoms with Gasteiger partial charge in [-0.05, 0) is 69.5 Å². The molecule has 0 radical (unpaired) electrons. The van der Waals surface area contributed by atoms with Gasteiger partial charge in [-0.1, -0.05) is 29.8 Å². The van der Waals surface area contributed by atoms with Crippen LogP contribution in [0.15, 0.2) is 42.5 Å². The van der Waals surface area contributed by atoms with E-state index in [4.69, 9.17) is 14.5 Å². The minimum absolute atomic E-state index is 0.618. The molecule has 0 amide bonds. The van der Waals surface area contributed by atoms with Crippen molar-refractivity contribution < 1.29 is 19.4 Å². The van der Waals surface area contributed by atoms with Crippen LogP contribution in [-0.4, -0.2) is 48.0 Å². The van der Waals surface area contributed by atoms with Gasteiger partial charge in [-0.2, -0.15) is 0 Å². The Labute approximate surface area is 195 Å². The summed E-state index contributed by atoms with van der Waals surface area (Å²) in [6.45, 7) is 12.6. The van der Waals surface area contributed by atoms with Crippen molar-refractivity contribution >= 4 is 22.7 Å². The number of carboxylic acids is 1. The average Bonchev–Trinajstić information content (AvgIpc) is 2.77. The number of nitrogens with zero attached hydrogens (tertiary/aromatic N) is 2. The molecule has 0 aliphatic carbocycles. The number of morpholine rings is 1. The molecule has 1 aliphatic rings. The summed E-state index contributed by atoms with van der Waals surface area (Å²) >= 11 is 0. The lowest BCUT2D eigenvalue weighted by Crippen LogP contribution is -2.36. The third-order valence-electron chi connectivity index (χ3n) is 5.86. The SMILES string of the molecule is Cc1ccc(-c2c([C@H](OC(C)(C)C)C(=O)O)c(C)cc3nc(N4CCOCC4)ccc23)cc1. The molecule has 1 aromatic heterocycles.